The number of carbonyl (C=O) groups is 1. The van der Waals surface area contributed by atoms with E-state index in [4.69, 9.17) is 12.2 Å². The van der Waals surface area contributed by atoms with Crippen molar-refractivity contribution in [2.75, 3.05) is 29.9 Å². The van der Waals surface area contributed by atoms with Gasteiger partial charge in [0, 0.05) is 24.8 Å². The predicted molar refractivity (Wildman–Crippen MR) is 78.1 cm³/mol. The smallest absolute Gasteiger partial charge is 0.248 e. The minimum atomic E-state index is -0.540. The maximum absolute atomic E-state index is 11.8. The quantitative estimate of drug-likeness (QED) is 0.832. The summed E-state index contributed by atoms with van der Waals surface area (Å²) in [7, 11) is 1.75. The Bertz CT molecular complexity index is 533. The number of carbonyl (C=O) groups excluding carboxylic acids is 1. The molecule has 1 unspecified atom stereocenters. The number of benzene rings is 1. The fourth-order valence-electron chi connectivity index (χ4n) is 2.42. The van der Waals surface area contributed by atoms with Crippen LogP contribution in [0, 0.1) is 12.3 Å². The summed E-state index contributed by atoms with van der Waals surface area (Å²) in [5.41, 5.74) is 8.69. The van der Waals surface area contributed by atoms with Gasteiger partial charge in [0.05, 0.1) is 12.2 Å². The van der Waals surface area contributed by atoms with E-state index in [0.29, 0.717) is 6.54 Å². The summed E-state index contributed by atoms with van der Waals surface area (Å²) in [4.78, 5) is 15.6. The highest BCUT2D eigenvalue weighted by Gasteiger charge is 2.32. The van der Waals surface area contributed by atoms with Crippen molar-refractivity contribution in [2.45, 2.75) is 19.4 Å². The topological polar surface area (TPSA) is 49.6 Å². The second-order valence-corrected chi connectivity index (χ2v) is 4.74. The van der Waals surface area contributed by atoms with Gasteiger partial charge in [-0.1, -0.05) is 18.9 Å². The standard InChI is InChI=1S/C15H19N3O/c1-4-8-18(9-5-2)11-6-7-12-13(10-11)17(3)15(19)14(12)16/h1,6-7,10,14H,5,8-9,16H2,2-3H3. The molecule has 19 heavy (non-hydrogen) atoms. The number of fused-ring (bicyclic) bond motifs is 1. The van der Waals surface area contributed by atoms with Crippen LogP contribution in [-0.2, 0) is 4.79 Å². The van der Waals surface area contributed by atoms with Crippen LogP contribution in [0.1, 0.15) is 24.9 Å². The fraction of sp³-hybridized carbons (Fsp3) is 0.400. The van der Waals surface area contributed by atoms with Crippen LogP contribution in [0.15, 0.2) is 18.2 Å². The van der Waals surface area contributed by atoms with Gasteiger partial charge in [0.2, 0.25) is 5.91 Å². The van der Waals surface area contributed by atoms with E-state index >= 15 is 0 Å². The molecule has 0 bridgehead atoms. The monoisotopic (exact) mass is 257 g/mol. The number of hydrogen-bond acceptors (Lipinski definition) is 3. The van der Waals surface area contributed by atoms with Gasteiger partial charge in [0.25, 0.3) is 0 Å². The van der Waals surface area contributed by atoms with E-state index < -0.39 is 6.04 Å². The molecule has 0 radical (unpaired) electrons. The zero-order chi connectivity index (χ0) is 14.0. The van der Waals surface area contributed by atoms with E-state index in [1.807, 2.05) is 18.2 Å². The average Bonchev–Trinajstić information content (AvgIpc) is 2.63. The van der Waals surface area contributed by atoms with E-state index in [0.717, 1.165) is 29.9 Å². The van der Waals surface area contributed by atoms with Crippen molar-refractivity contribution in [2.24, 2.45) is 5.73 Å². The lowest BCUT2D eigenvalue weighted by Gasteiger charge is -2.23. The van der Waals surface area contributed by atoms with Gasteiger partial charge in [-0.3, -0.25) is 4.79 Å². The molecule has 0 saturated carbocycles. The lowest BCUT2D eigenvalue weighted by Crippen LogP contribution is -2.28. The molecule has 4 nitrogen and oxygen atoms in total. The first kappa shape index (κ1) is 13.4. The molecule has 0 fully saturated rings. The highest BCUT2D eigenvalue weighted by Crippen LogP contribution is 2.36. The highest BCUT2D eigenvalue weighted by molar-refractivity contribution is 6.04. The number of amides is 1. The van der Waals surface area contributed by atoms with Crippen molar-refractivity contribution in [1.82, 2.24) is 0 Å². The second-order valence-electron chi connectivity index (χ2n) is 4.74. The van der Waals surface area contributed by atoms with Gasteiger partial charge in [0.1, 0.15) is 6.04 Å². The molecule has 1 amide bonds. The van der Waals surface area contributed by atoms with Crippen LogP contribution < -0.4 is 15.5 Å². The molecule has 0 saturated heterocycles. The molecule has 0 spiro atoms. The summed E-state index contributed by atoms with van der Waals surface area (Å²) < 4.78 is 0. The van der Waals surface area contributed by atoms with Crippen molar-refractivity contribution in [3.63, 3.8) is 0 Å². The Balaban J connectivity index is 2.36. The maximum Gasteiger partial charge on any atom is 0.248 e. The molecule has 0 aromatic heterocycles. The minimum Gasteiger partial charge on any atom is -0.360 e. The SMILES string of the molecule is C#CCN(CCC)c1ccc2c(c1)N(C)C(=O)C2N. The summed E-state index contributed by atoms with van der Waals surface area (Å²) in [6.07, 6.45) is 6.43. The summed E-state index contributed by atoms with van der Waals surface area (Å²) in [6.45, 7) is 3.57. The molecule has 2 N–H and O–H groups in total. The normalized spacial score (nSPS) is 17.3. The largest absolute Gasteiger partial charge is 0.360 e. The first-order valence-electron chi connectivity index (χ1n) is 6.45. The molecule has 1 aromatic carbocycles. The molecule has 4 heteroatoms. The van der Waals surface area contributed by atoms with Gasteiger partial charge in [-0.05, 0) is 18.6 Å². The number of rotatable bonds is 4. The zero-order valence-electron chi connectivity index (χ0n) is 11.4. The third kappa shape index (κ3) is 2.29. The lowest BCUT2D eigenvalue weighted by molar-refractivity contribution is -0.118. The van der Waals surface area contributed by atoms with Crippen molar-refractivity contribution in [3.05, 3.63) is 23.8 Å². The van der Waals surface area contributed by atoms with Crippen molar-refractivity contribution in [3.8, 4) is 12.3 Å². The van der Waals surface area contributed by atoms with Gasteiger partial charge >= 0.3 is 0 Å². The van der Waals surface area contributed by atoms with Crippen LogP contribution in [-0.4, -0.2) is 26.0 Å². The molecular weight excluding hydrogens is 238 g/mol. The number of nitrogens with zero attached hydrogens (tertiary/aromatic N) is 2. The zero-order valence-corrected chi connectivity index (χ0v) is 11.4. The van der Waals surface area contributed by atoms with Crippen LogP contribution in [0.3, 0.4) is 0 Å². The van der Waals surface area contributed by atoms with E-state index in [9.17, 15) is 4.79 Å². The molecule has 0 aliphatic carbocycles. The van der Waals surface area contributed by atoms with Crippen LogP contribution in [0.2, 0.25) is 0 Å². The molecule has 1 heterocycles. The van der Waals surface area contributed by atoms with Gasteiger partial charge in [-0.25, -0.2) is 0 Å². The van der Waals surface area contributed by atoms with E-state index in [1.165, 1.54) is 0 Å². The molecular formula is C15H19N3O. The van der Waals surface area contributed by atoms with Gasteiger partial charge in [0.15, 0.2) is 0 Å². The average molecular weight is 257 g/mol. The van der Waals surface area contributed by atoms with E-state index in [1.54, 1.807) is 11.9 Å². The predicted octanol–water partition coefficient (Wildman–Crippen LogP) is 1.51. The Kier molecular flexibility index (Phi) is 3.77. The Morgan fingerprint density at radius 3 is 2.89 bits per heavy atom. The van der Waals surface area contributed by atoms with Crippen LogP contribution in [0.5, 0.6) is 0 Å². The van der Waals surface area contributed by atoms with Gasteiger partial charge < -0.3 is 15.5 Å². The highest BCUT2D eigenvalue weighted by atomic mass is 16.2. The maximum atomic E-state index is 11.8. The van der Waals surface area contributed by atoms with E-state index in [2.05, 4.69) is 17.7 Å². The molecule has 1 aliphatic heterocycles. The molecule has 1 atom stereocenters. The van der Waals surface area contributed by atoms with Crippen LogP contribution in [0.25, 0.3) is 0 Å². The van der Waals surface area contributed by atoms with Crippen LogP contribution in [0.4, 0.5) is 11.4 Å². The first-order valence-corrected chi connectivity index (χ1v) is 6.45. The molecule has 1 aliphatic rings. The number of terminal acetylenes is 1. The minimum absolute atomic E-state index is 0.0638. The molecule has 1 aromatic rings. The number of anilines is 2. The third-order valence-corrected chi connectivity index (χ3v) is 3.45. The summed E-state index contributed by atoms with van der Waals surface area (Å²) in [5, 5.41) is 0. The number of likely N-dealkylation sites (N-methyl/N-ethyl adjacent to an activating group) is 1. The van der Waals surface area contributed by atoms with Crippen molar-refractivity contribution >= 4 is 17.3 Å². The van der Waals surface area contributed by atoms with Crippen LogP contribution >= 0.6 is 0 Å². The van der Waals surface area contributed by atoms with Crippen molar-refractivity contribution in [1.29, 1.82) is 0 Å². The Morgan fingerprint density at radius 2 is 2.26 bits per heavy atom. The first-order chi connectivity index (χ1) is 9.10. The third-order valence-electron chi connectivity index (χ3n) is 3.45. The fourth-order valence-corrected chi connectivity index (χ4v) is 2.42. The van der Waals surface area contributed by atoms with Crippen molar-refractivity contribution < 1.29 is 4.79 Å². The summed E-state index contributed by atoms with van der Waals surface area (Å²) >= 11 is 0. The summed E-state index contributed by atoms with van der Waals surface area (Å²) in [5.74, 6) is 2.60. The Morgan fingerprint density at radius 1 is 1.53 bits per heavy atom. The Hall–Kier alpha value is -1.99. The number of hydrogen-bond donors (Lipinski definition) is 1. The lowest BCUT2D eigenvalue weighted by atomic mass is 10.1. The second kappa shape index (κ2) is 5.33. The Labute approximate surface area is 114 Å². The van der Waals surface area contributed by atoms with E-state index in [-0.39, 0.29) is 5.91 Å². The molecule has 100 valence electrons. The number of nitrogens with two attached hydrogens (primary N) is 1. The summed E-state index contributed by atoms with van der Waals surface area (Å²) in [6, 6.07) is 5.36. The van der Waals surface area contributed by atoms with Gasteiger partial charge in [-0.15, -0.1) is 6.42 Å². The molecule has 2 rings (SSSR count). The van der Waals surface area contributed by atoms with Gasteiger partial charge in [-0.2, -0.15) is 0 Å².